The van der Waals surface area contributed by atoms with Crippen molar-refractivity contribution in [1.29, 1.82) is 0 Å². The van der Waals surface area contributed by atoms with Gasteiger partial charge in [-0.15, -0.1) is 0 Å². The van der Waals surface area contributed by atoms with Gasteiger partial charge in [0.15, 0.2) is 11.5 Å². The third kappa shape index (κ3) is 2.23. The number of rotatable bonds is 3. The molecular weight excluding hydrogens is 254 g/mol. The molecule has 20 heavy (non-hydrogen) atoms. The lowest BCUT2D eigenvalue weighted by Crippen LogP contribution is -2.29. The van der Waals surface area contributed by atoms with Gasteiger partial charge in [-0.1, -0.05) is 30.3 Å². The number of aromatic nitrogens is 4. The Morgan fingerprint density at radius 3 is 2.75 bits per heavy atom. The second-order valence-corrected chi connectivity index (χ2v) is 4.39. The first-order valence-corrected chi connectivity index (χ1v) is 6.22. The maximum atomic E-state index is 11.9. The number of aromatic amines is 1. The molecule has 6 nitrogen and oxygen atoms in total. The molecule has 0 radical (unpaired) electrons. The van der Waals surface area contributed by atoms with Gasteiger partial charge >= 0.3 is 0 Å². The average Bonchev–Trinajstić information content (AvgIpc) is 2.94. The topological polar surface area (TPSA) is 74.8 Å². The molecule has 0 aliphatic carbocycles. The van der Waals surface area contributed by atoms with Crippen molar-refractivity contribution in [3.05, 3.63) is 48.5 Å². The molecule has 0 fully saturated rings. The highest BCUT2D eigenvalue weighted by atomic mass is 16.2. The van der Waals surface area contributed by atoms with Crippen molar-refractivity contribution < 1.29 is 4.79 Å². The van der Waals surface area contributed by atoms with Gasteiger partial charge in [-0.05, 0) is 5.56 Å². The van der Waals surface area contributed by atoms with Crippen molar-refractivity contribution in [1.82, 2.24) is 19.9 Å². The predicted octanol–water partition coefficient (Wildman–Crippen LogP) is 1.91. The minimum atomic E-state index is -0.0801. The van der Waals surface area contributed by atoms with E-state index in [1.807, 2.05) is 30.3 Å². The normalized spacial score (nSPS) is 10.7. The van der Waals surface area contributed by atoms with Crippen LogP contribution in [-0.4, -0.2) is 25.8 Å². The Kier molecular flexibility index (Phi) is 3.12. The van der Waals surface area contributed by atoms with Crippen LogP contribution in [0.5, 0.6) is 0 Å². The lowest BCUT2D eigenvalue weighted by molar-refractivity contribution is -0.116. The number of hydrogen-bond donors (Lipinski definition) is 1. The molecule has 1 aromatic carbocycles. The van der Waals surface area contributed by atoms with E-state index < -0.39 is 0 Å². The first-order chi connectivity index (χ1) is 9.75. The van der Waals surface area contributed by atoms with Gasteiger partial charge in [0.1, 0.15) is 11.8 Å². The Morgan fingerprint density at radius 2 is 2.00 bits per heavy atom. The highest BCUT2D eigenvalue weighted by molar-refractivity contribution is 5.97. The molecular formula is C14H13N5O. The van der Waals surface area contributed by atoms with Crippen molar-refractivity contribution in [3.8, 4) is 0 Å². The number of nitrogens with one attached hydrogen (secondary N) is 1. The van der Waals surface area contributed by atoms with Gasteiger partial charge in [-0.25, -0.2) is 15.0 Å². The number of carbonyl (C=O) groups excluding carboxylic acids is 1. The lowest BCUT2D eigenvalue weighted by atomic mass is 10.2. The summed E-state index contributed by atoms with van der Waals surface area (Å²) in [5, 5.41) is 0. The molecule has 3 aromatic rings. The van der Waals surface area contributed by atoms with Crippen LogP contribution >= 0.6 is 0 Å². The Hall–Kier alpha value is -2.76. The van der Waals surface area contributed by atoms with Crippen LogP contribution in [-0.2, 0) is 11.3 Å². The summed E-state index contributed by atoms with van der Waals surface area (Å²) in [6.07, 6.45) is 2.96. The van der Waals surface area contributed by atoms with E-state index in [9.17, 15) is 4.79 Å². The number of amides is 1. The molecule has 1 amide bonds. The number of hydrogen-bond acceptors (Lipinski definition) is 4. The Labute approximate surface area is 115 Å². The zero-order valence-corrected chi connectivity index (χ0v) is 10.9. The lowest BCUT2D eigenvalue weighted by Gasteiger charge is -2.20. The second-order valence-electron chi connectivity index (χ2n) is 4.39. The fraction of sp³-hybridized carbons (Fsp3) is 0.143. The smallest absolute Gasteiger partial charge is 0.225 e. The van der Waals surface area contributed by atoms with Gasteiger partial charge in [-0.3, -0.25) is 9.69 Å². The zero-order valence-electron chi connectivity index (χ0n) is 10.9. The fourth-order valence-electron chi connectivity index (χ4n) is 2.06. The van der Waals surface area contributed by atoms with Crippen molar-refractivity contribution in [3.63, 3.8) is 0 Å². The molecule has 3 rings (SSSR count). The summed E-state index contributed by atoms with van der Waals surface area (Å²) >= 11 is 0. The van der Waals surface area contributed by atoms with E-state index in [1.165, 1.54) is 13.3 Å². The number of imidazole rings is 1. The number of nitrogens with zero attached hydrogens (tertiary/aromatic N) is 4. The van der Waals surface area contributed by atoms with Crippen molar-refractivity contribution >= 4 is 22.9 Å². The SMILES string of the molecule is CC(=O)N(Cc1ccccc1)c1ncnc2nc[nH]c12. The molecule has 0 aliphatic rings. The third-order valence-corrected chi connectivity index (χ3v) is 3.02. The van der Waals surface area contributed by atoms with E-state index in [2.05, 4.69) is 19.9 Å². The molecule has 6 heteroatoms. The van der Waals surface area contributed by atoms with E-state index in [-0.39, 0.29) is 5.91 Å². The van der Waals surface area contributed by atoms with Crippen molar-refractivity contribution in [2.45, 2.75) is 13.5 Å². The summed E-state index contributed by atoms with van der Waals surface area (Å²) in [5.41, 5.74) is 2.25. The summed E-state index contributed by atoms with van der Waals surface area (Å²) in [6.45, 7) is 1.98. The largest absolute Gasteiger partial charge is 0.340 e. The van der Waals surface area contributed by atoms with Crippen LogP contribution in [0, 0.1) is 0 Å². The molecule has 1 N–H and O–H groups in total. The van der Waals surface area contributed by atoms with E-state index in [0.29, 0.717) is 23.5 Å². The highest BCUT2D eigenvalue weighted by Gasteiger charge is 2.17. The molecule has 0 saturated carbocycles. The van der Waals surface area contributed by atoms with Gasteiger partial charge in [-0.2, -0.15) is 0 Å². The highest BCUT2D eigenvalue weighted by Crippen LogP contribution is 2.21. The monoisotopic (exact) mass is 267 g/mol. The summed E-state index contributed by atoms with van der Waals surface area (Å²) in [4.78, 5) is 28.9. The molecule has 0 spiro atoms. The molecule has 2 aromatic heterocycles. The van der Waals surface area contributed by atoms with Crippen LogP contribution in [0.15, 0.2) is 43.0 Å². The van der Waals surface area contributed by atoms with E-state index >= 15 is 0 Å². The van der Waals surface area contributed by atoms with Crippen LogP contribution in [0.2, 0.25) is 0 Å². The average molecular weight is 267 g/mol. The van der Waals surface area contributed by atoms with Gasteiger partial charge in [0.2, 0.25) is 5.91 Å². The van der Waals surface area contributed by atoms with Crippen LogP contribution < -0.4 is 4.90 Å². The van der Waals surface area contributed by atoms with Crippen LogP contribution in [0.3, 0.4) is 0 Å². The molecule has 0 unspecified atom stereocenters. The molecule has 0 aliphatic heterocycles. The second kappa shape index (κ2) is 5.08. The summed E-state index contributed by atoms with van der Waals surface area (Å²) < 4.78 is 0. The maximum Gasteiger partial charge on any atom is 0.225 e. The Balaban J connectivity index is 2.03. The number of anilines is 1. The molecule has 0 saturated heterocycles. The number of benzene rings is 1. The van der Waals surface area contributed by atoms with Gasteiger partial charge in [0, 0.05) is 6.92 Å². The van der Waals surface area contributed by atoms with Crippen molar-refractivity contribution in [2.24, 2.45) is 0 Å². The third-order valence-electron chi connectivity index (χ3n) is 3.02. The van der Waals surface area contributed by atoms with Crippen LogP contribution in [0.4, 0.5) is 5.82 Å². The van der Waals surface area contributed by atoms with E-state index in [4.69, 9.17) is 0 Å². The number of H-pyrrole nitrogens is 1. The Morgan fingerprint density at radius 1 is 1.20 bits per heavy atom. The first-order valence-electron chi connectivity index (χ1n) is 6.22. The minimum absolute atomic E-state index is 0.0801. The molecule has 2 heterocycles. The summed E-state index contributed by atoms with van der Waals surface area (Å²) in [7, 11) is 0. The van der Waals surface area contributed by atoms with Gasteiger partial charge < -0.3 is 4.98 Å². The minimum Gasteiger partial charge on any atom is -0.340 e. The van der Waals surface area contributed by atoms with E-state index in [0.717, 1.165) is 5.56 Å². The maximum absolute atomic E-state index is 11.9. The van der Waals surface area contributed by atoms with Gasteiger partial charge in [0.05, 0.1) is 12.9 Å². The quantitative estimate of drug-likeness (QED) is 0.786. The van der Waals surface area contributed by atoms with Crippen LogP contribution in [0.25, 0.3) is 11.2 Å². The van der Waals surface area contributed by atoms with Gasteiger partial charge in [0.25, 0.3) is 0 Å². The standard InChI is InChI=1S/C14H13N5O/c1-10(20)19(7-11-5-3-2-4-6-11)14-12-13(16-8-15-12)17-9-18-14/h2-6,8-9H,7H2,1H3,(H,15,16,17,18). The molecule has 0 bridgehead atoms. The first kappa shape index (κ1) is 12.3. The summed E-state index contributed by atoms with van der Waals surface area (Å²) in [6, 6.07) is 9.78. The van der Waals surface area contributed by atoms with E-state index in [1.54, 1.807) is 11.2 Å². The predicted molar refractivity (Wildman–Crippen MR) is 75.0 cm³/mol. The zero-order chi connectivity index (χ0) is 13.9. The Bertz CT molecular complexity index is 737. The van der Waals surface area contributed by atoms with Crippen molar-refractivity contribution in [2.75, 3.05) is 4.90 Å². The molecule has 0 atom stereocenters. The fourth-order valence-corrected chi connectivity index (χ4v) is 2.06. The number of carbonyl (C=O) groups is 1. The summed E-state index contributed by atoms with van der Waals surface area (Å²) in [5.74, 6) is 0.465. The molecule has 100 valence electrons. The van der Waals surface area contributed by atoms with Crippen LogP contribution in [0.1, 0.15) is 12.5 Å². The number of fused-ring (bicyclic) bond motifs is 1.